The van der Waals surface area contributed by atoms with Gasteiger partial charge >= 0.3 is 6.03 Å². The quantitative estimate of drug-likeness (QED) is 0.745. The standard InChI is InChI=1S/C15H23FN2O2/c1-4-5-6-9-17-15(19)18-13-10-12(16)7-8-14(13)20-11(2)3/h7-8,10-11H,4-6,9H2,1-3H3,(H2,17,18,19). The summed E-state index contributed by atoms with van der Waals surface area (Å²) in [5.74, 6) is 0.0486. The third-order valence-corrected chi connectivity index (χ3v) is 2.62. The monoisotopic (exact) mass is 282 g/mol. The van der Waals surface area contributed by atoms with E-state index in [-0.39, 0.29) is 12.1 Å². The zero-order chi connectivity index (χ0) is 15.0. The number of amides is 2. The third-order valence-electron chi connectivity index (χ3n) is 2.62. The Morgan fingerprint density at radius 2 is 2.10 bits per heavy atom. The lowest BCUT2D eigenvalue weighted by Gasteiger charge is -2.15. The summed E-state index contributed by atoms with van der Waals surface area (Å²) in [5, 5.41) is 5.36. The number of anilines is 1. The van der Waals surface area contributed by atoms with Gasteiger partial charge in [-0.15, -0.1) is 0 Å². The second kappa shape index (κ2) is 8.40. The van der Waals surface area contributed by atoms with Gasteiger partial charge in [-0.1, -0.05) is 19.8 Å². The number of urea groups is 1. The molecule has 0 heterocycles. The molecule has 0 aromatic heterocycles. The molecule has 0 aliphatic rings. The molecule has 1 rings (SSSR count). The van der Waals surface area contributed by atoms with Crippen molar-refractivity contribution in [1.29, 1.82) is 0 Å². The van der Waals surface area contributed by atoms with Gasteiger partial charge in [-0.3, -0.25) is 0 Å². The van der Waals surface area contributed by atoms with E-state index in [9.17, 15) is 9.18 Å². The molecular weight excluding hydrogens is 259 g/mol. The number of carbonyl (C=O) groups excluding carboxylic acids is 1. The van der Waals surface area contributed by atoms with Crippen LogP contribution in [0.25, 0.3) is 0 Å². The lowest BCUT2D eigenvalue weighted by Crippen LogP contribution is -2.29. The highest BCUT2D eigenvalue weighted by molar-refractivity contribution is 5.90. The van der Waals surface area contributed by atoms with Crippen LogP contribution in [0.5, 0.6) is 5.75 Å². The van der Waals surface area contributed by atoms with Gasteiger partial charge in [0.05, 0.1) is 11.8 Å². The second-order valence-electron chi connectivity index (χ2n) is 4.90. The molecule has 0 atom stereocenters. The number of rotatable bonds is 7. The van der Waals surface area contributed by atoms with E-state index in [0.717, 1.165) is 19.3 Å². The fourth-order valence-corrected chi connectivity index (χ4v) is 1.70. The molecule has 4 nitrogen and oxygen atoms in total. The van der Waals surface area contributed by atoms with Crippen LogP contribution in [-0.4, -0.2) is 18.7 Å². The van der Waals surface area contributed by atoms with E-state index >= 15 is 0 Å². The third kappa shape index (κ3) is 5.91. The molecule has 0 radical (unpaired) electrons. The predicted octanol–water partition coefficient (Wildman–Crippen LogP) is 3.92. The van der Waals surface area contributed by atoms with E-state index in [1.807, 2.05) is 13.8 Å². The molecule has 2 N–H and O–H groups in total. The molecule has 2 amide bonds. The van der Waals surface area contributed by atoms with Crippen molar-refractivity contribution in [3.8, 4) is 5.75 Å². The second-order valence-corrected chi connectivity index (χ2v) is 4.90. The fraction of sp³-hybridized carbons (Fsp3) is 0.533. The Bertz CT molecular complexity index is 436. The van der Waals surface area contributed by atoms with Crippen molar-refractivity contribution in [1.82, 2.24) is 5.32 Å². The van der Waals surface area contributed by atoms with E-state index in [4.69, 9.17) is 4.74 Å². The molecule has 5 heteroatoms. The molecule has 0 fully saturated rings. The van der Waals surface area contributed by atoms with Gasteiger partial charge in [0.25, 0.3) is 0 Å². The molecule has 0 aliphatic carbocycles. The summed E-state index contributed by atoms with van der Waals surface area (Å²) < 4.78 is 18.8. The molecule has 1 aromatic carbocycles. The molecule has 0 unspecified atom stereocenters. The first-order valence-corrected chi connectivity index (χ1v) is 7.04. The topological polar surface area (TPSA) is 50.4 Å². The van der Waals surface area contributed by atoms with E-state index in [0.29, 0.717) is 18.0 Å². The van der Waals surface area contributed by atoms with Gasteiger partial charge in [0, 0.05) is 12.6 Å². The smallest absolute Gasteiger partial charge is 0.319 e. The highest BCUT2D eigenvalue weighted by Gasteiger charge is 2.10. The Morgan fingerprint density at radius 3 is 2.75 bits per heavy atom. The molecule has 20 heavy (non-hydrogen) atoms. The van der Waals surface area contributed by atoms with Crippen LogP contribution in [0.1, 0.15) is 40.0 Å². The molecule has 0 spiro atoms. The summed E-state index contributed by atoms with van der Waals surface area (Å²) >= 11 is 0. The summed E-state index contributed by atoms with van der Waals surface area (Å²) in [7, 11) is 0. The lowest BCUT2D eigenvalue weighted by atomic mass is 10.2. The van der Waals surface area contributed by atoms with E-state index in [1.165, 1.54) is 18.2 Å². The minimum absolute atomic E-state index is 0.0476. The van der Waals surface area contributed by atoms with Crippen molar-refractivity contribution in [3.05, 3.63) is 24.0 Å². The molecule has 112 valence electrons. The van der Waals surface area contributed by atoms with Crippen molar-refractivity contribution in [3.63, 3.8) is 0 Å². The maximum atomic E-state index is 13.3. The van der Waals surface area contributed by atoms with Gasteiger partial charge in [0.15, 0.2) is 0 Å². The highest BCUT2D eigenvalue weighted by Crippen LogP contribution is 2.26. The van der Waals surface area contributed by atoms with E-state index in [1.54, 1.807) is 0 Å². The van der Waals surface area contributed by atoms with Crippen molar-refractivity contribution in [2.24, 2.45) is 0 Å². The Balaban J connectivity index is 2.60. The maximum Gasteiger partial charge on any atom is 0.319 e. The number of hydrogen-bond acceptors (Lipinski definition) is 2. The number of benzene rings is 1. The largest absolute Gasteiger partial charge is 0.489 e. The van der Waals surface area contributed by atoms with Crippen LogP contribution < -0.4 is 15.4 Å². The van der Waals surface area contributed by atoms with E-state index < -0.39 is 5.82 Å². The maximum absolute atomic E-state index is 13.3. The zero-order valence-electron chi connectivity index (χ0n) is 12.3. The first-order valence-electron chi connectivity index (χ1n) is 7.04. The minimum atomic E-state index is -0.414. The average molecular weight is 282 g/mol. The molecule has 0 bridgehead atoms. The number of hydrogen-bond donors (Lipinski definition) is 2. The summed E-state index contributed by atoms with van der Waals surface area (Å²) in [6.45, 7) is 6.45. The molecule has 0 saturated heterocycles. The summed E-state index contributed by atoms with van der Waals surface area (Å²) in [6, 6.07) is 3.73. The normalized spacial score (nSPS) is 10.4. The van der Waals surface area contributed by atoms with Crippen LogP contribution >= 0.6 is 0 Å². The van der Waals surface area contributed by atoms with Gasteiger partial charge < -0.3 is 15.4 Å². The number of ether oxygens (including phenoxy) is 1. The van der Waals surface area contributed by atoms with Crippen LogP contribution in [-0.2, 0) is 0 Å². The van der Waals surface area contributed by atoms with Crippen molar-refractivity contribution < 1.29 is 13.9 Å². The minimum Gasteiger partial charge on any atom is -0.489 e. The van der Waals surface area contributed by atoms with Gasteiger partial charge in [-0.2, -0.15) is 0 Å². The lowest BCUT2D eigenvalue weighted by molar-refractivity contribution is 0.241. The van der Waals surface area contributed by atoms with Gasteiger partial charge in [0.1, 0.15) is 11.6 Å². The van der Waals surface area contributed by atoms with Crippen molar-refractivity contribution >= 4 is 11.7 Å². The average Bonchev–Trinajstić information content (AvgIpc) is 2.37. The number of nitrogens with one attached hydrogen (secondary N) is 2. The summed E-state index contributed by atoms with van der Waals surface area (Å²) in [4.78, 5) is 11.7. The molecule has 1 aromatic rings. The Kier molecular flexibility index (Phi) is 6.84. The highest BCUT2D eigenvalue weighted by atomic mass is 19.1. The van der Waals surface area contributed by atoms with Crippen LogP contribution in [0.3, 0.4) is 0 Å². The van der Waals surface area contributed by atoms with Crippen LogP contribution in [0.15, 0.2) is 18.2 Å². The zero-order valence-corrected chi connectivity index (χ0v) is 12.3. The van der Waals surface area contributed by atoms with Crippen LogP contribution in [0.2, 0.25) is 0 Å². The number of halogens is 1. The Morgan fingerprint density at radius 1 is 1.35 bits per heavy atom. The van der Waals surface area contributed by atoms with Crippen molar-refractivity contribution in [2.45, 2.75) is 46.1 Å². The summed E-state index contributed by atoms with van der Waals surface area (Å²) in [6.07, 6.45) is 3.05. The first kappa shape index (κ1) is 16.3. The predicted molar refractivity (Wildman–Crippen MR) is 78.7 cm³/mol. The molecule has 0 saturated carbocycles. The van der Waals surface area contributed by atoms with Gasteiger partial charge in [-0.25, -0.2) is 9.18 Å². The van der Waals surface area contributed by atoms with Crippen LogP contribution in [0.4, 0.5) is 14.9 Å². The van der Waals surface area contributed by atoms with Gasteiger partial charge in [-0.05, 0) is 32.4 Å². The summed E-state index contributed by atoms with van der Waals surface area (Å²) in [5.41, 5.74) is 0.340. The van der Waals surface area contributed by atoms with E-state index in [2.05, 4.69) is 17.6 Å². The number of carbonyl (C=O) groups is 1. The van der Waals surface area contributed by atoms with Crippen molar-refractivity contribution in [2.75, 3.05) is 11.9 Å². The fourth-order valence-electron chi connectivity index (χ4n) is 1.70. The van der Waals surface area contributed by atoms with Crippen LogP contribution in [0, 0.1) is 5.82 Å². The Hall–Kier alpha value is -1.78. The Labute approximate surface area is 119 Å². The molecule has 0 aliphatic heterocycles. The molecular formula is C15H23FN2O2. The van der Waals surface area contributed by atoms with Gasteiger partial charge in [0.2, 0.25) is 0 Å². The number of unbranched alkanes of at least 4 members (excludes halogenated alkanes) is 2. The first-order chi connectivity index (χ1) is 9.52. The SMILES string of the molecule is CCCCCNC(=O)Nc1cc(F)ccc1OC(C)C.